The summed E-state index contributed by atoms with van der Waals surface area (Å²) in [6.07, 6.45) is 3.62. The van der Waals surface area contributed by atoms with E-state index in [9.17, 15) is 0 Å². The topological polar surface area (TPSA) is 30.5 Å². The predicted molar refractivity (Wildman–Crippen MR) is 73.4 cm³/mol. The standard InChI is InChI=1S/C14H31NO2/c1-5-8-15-12-14(13(2)3)7-6-9-17-11-10-16-4/h13-15H,5-12H2,1-4H3. The van der Waals surface area contributed by atoms with E-state index in [0.29, 0.717) is 6.61 Å². The van der Waals surface area contributed by atoms with Crippen molar-refractivity contribution in [2.75, 3.05) is 40.0 Å². The Labute approximate surface area is 107 Å². The minimum Gasteiger partial charge on any atom is -0.382 e. The van der Waals surface area contributed by atoms with Gasteiger partial charge < -0.3 is 14.8 Å². The third kappa shape index (κ3) is 10.7. The van der Waals surface area contributed by atoms with E-state index < -0.39 is 0 Å². The van der Waals surface area contributed by atoms with Crippen LogP contribution in [-0.2, 0) is 9.47 Å². The molecule has 3 heteroatoms. The van der Waals surface area contributed by atoms with E-state index in [4.69, 9.17) is 9.47 Å². The summed E-state index contributed by atoms with van der Waals surface area (Å²) in [7, 11) is 1.71. The summed E-state index contributed by atoms with van der Waals surface area (Å²) >= 11 is 0. The zero-order valence-electron chi connectivity index (χ0n) is 12.1. The molecule has 3 nitrogen and oxygen atoms in total. The summed E-state index contributed by atoms with van der Waals surface area (Å²) < 4.78 is 10.4. The van der Waals surface area contributed by atoms with Crippen molar-refractivity contribution in [3.8, 4) is 0 Å². The van der Waals surface area contributed by atoms with Crippen molar-refractivity contribution in [1.82, 2.24) is 5.32 Å². The van der Waals surface area contributed by atoms with Gasteiger partial charge in [0.15, 0.2) is 0 Å². The van der Waals surface area contributed by atoms with Crippen molar-refractivity contribution in [3.63, 3.8) is 0 Å². The van der Waals surface area contributed by atoms with Gasteiger partial charge in [0.05, 0.1) is 13.2 Å². The van der Waals surface area contributed by atoms with E-state index in [1.165, 1.54) is 12.8 Å². The van der Waals surface area contributed by atoms with Crippen LogP contribution >= 0.6 is 0 Å². The van der Waals surface area contributed by atoms with Crippen LogP contribution in [0.5, 0.6) is 0 Å². The fourth-order valence-electron chi connectivity index (χ4n) is 1.83. The maximum absolute atomic E-state index is 5.48. The van der Waals surface area contributed by atoms with Crippen molar-refractivity contribution in [2.24, 2.45) is 11.8 Å². The lowest BCUT2D eigenvalue weighted by Crippen LogP contribution is -2.27. The van der Waals surface area contributed by atoms with Crippen molar-refractivity contribution in [3.05, 3.63) is 0 Å². The zero-order chi connectivity index (χ0) is 12.9. The van der Waals surface area contributed by atoms with E-state index >= 15 is 0 Å². The molecule has 0 aromatic carbocycles. The van der Waals surface area contributed by atoms with Crippen LogP contribution in [0.3, 0.4) is 0 Å². The summed E-state index contributed by atoms with van der Waals surface area (Å²) in [5.74, 6) is 1.52. The Bertz CT molecular complexity index is 151. The summed E-state index contributed by atoms with van der Waals surface area (Å²) in [4.78, 5) is 0. The number of ether oxygens (including phenoxy) is 2. The van der Waals surface area contributed by atoms with Gasteiger partial charge in [0.25, 0.3) is 0 Å². The van der Waals surface area contributed by atoms with Gasteiger partial charge in [-0.15, -0.1) is 0 Å². The molecule has 0 aliphatic heterocycles. The fourth-order valence-corrected chi connectivity index (χ4v) is 1.83. The zero-order valence-corrected chi connectivity index (χ0v) is 12.1. The molecular formula is C14H31NO2. The summed E-state index contributed by atoms with van der Waals surface area (Å²) in [5, 5.41) is 3.52. The van der Waals surface area contributed by atoms with Gasteiger partial charge in [-0.05, 0) is 44.2 Å². The average Bonchev–Trinajstić information content (AvgIpc) is 2.31. The minimum atomic E-state index is 0.700. The number of nitrogens with one attached hydrogen (secondary N) is 1. The van der Waals surface area contributed by atoms with E-state index in [1.54, 1.807) is 7.11 Å². The first kappa shape index (κ1) is 16.9. The van der Waals surface area contributed by atoms with Crippen LogP contribution in [0.25, 0.3) is 0 Å². The molecule has 0 heterocycles. The highest BCUT2D eigenvalue weighted by Gasteiger charge is 2.12. The second kappa shape index (κ2) is 12.3. The Hall–Kier alpha value is -0.120. The van der Waals surface area contributed by atoms with Crippen molar-refractivity contribution in [2.45, 2.75) is 40.0 Å². The van der Waals surface area contributed by atoms with Gasteiger partial charge in [0.2, 0.25) is 0 Å². The van der Waals surface area contributed by atoms with Gasteiger partial charge in [-0.2, -0.15) is 0 Å². The van der Waals surface area contributed by atoms with Crippen molar-refractivity contribution in [1.29, 1.82) is 0 Å². The van der Waals surface area contributed by atoms with E-state index in [0.717, 1.165) is 44.6 Å². The lowest BCUT2D eigenvalue weighted by molar-refractivity contribution is 0.0663. The van der Waals surface area contributed by atoms with Crippen LogP contribution in [-0.4, -0.2) is 40.0 Å². The lowest BCUT2D eigenvalue weighted by Gasteiger charge is -2.21. The molecule has 0 saturated carbocycles. The first-order chi connectivity index (χ1) is 8.22. The van der Waals surface area contributed by atoms with Gasteiger partial charge in [-0.3, -0.25) is 0 Å². The lowest BCUT2D eigenvalue weighted by atomic mass is 9.91. The molecule has 17 heavy (non-hydrogen) atoms. The molecule has 1 N–H and O–H groups in total. The molecule has 0 aliphatic carbocycles. The molecule has 0 radical (unpaired) electrons. The summed E-state index contributed by atoms with van der Waals surface area (Å²) in [6, 6.07) is 0. The predicted octanol–water partition coefficient (Wildman–Crippen LogP) is 2.70. The molecule has 0 aromatic rings. The van der Waals surface area contributed by atoms with E-state index in [1.807, 2.05) is 0 Å². The monoisotopic (exact) mass is 245 g/mol. The largest absolute Gasteiger partial charge is 0.382 e. The highest BCUT2D eigenvalue weighted by molar-refractivity contribution is 4.66. The van der Waals surface area contributed by atoms with Crippen LogP contribution < -0.4 is 5.32 Å². The maximum Gasteiger partial charge on any atom is 0.0700 e. The second-order valence-corrected chi connectivity index (χ2v) is 4.96. The van der Waals surface area contributed by atoms with Gasteiger partial charge in [-0.1, -0.05) is 20.8 Å². The van der Waals surface area contributed by atoms with Gasteiger partial charge in [0, 0.05) is 13.7 Å². The normalized spacial score (nSPS) is 13.2. The number of rotatable bonds is 12. The first-order valence-electron chi connectivity index (χ1n) is 6.99. The molecule has 0 rings (SSSR count). The Kier molecular flexibility index (Phi) is 12.3. The molecule has 1 unspecified atom stereocenters. The highest BCUT2D eigenvalue weighted by Crippen LogP contribution is 2.16. The molecule has 0 aliphatic rings. The van der Waals surface area contributed by atoms with Gasteiger partial charge in [-0.25, -0.2) is 0 Å². The van der Waals surface area contributed by atoms with Crippen molar-refractivity contribution < 1.29 is 9.47 Å². The molecular weight excluding hydrogens is 214 g/mol. The molecule has 0 saturated heterocycles. The SMILES string of the molecule is CCCNCC(CCCOCCOC)C(C)C. The number of hydrogen-bond acceptors (Lipinski definition) is 3. The second-order valence-electron chi connectivity index (χ2n) is 4.96. The molecule has 0 aromatic heterocycles. The molecule has 0 amide bonds. The quantitative estimate of drug-likeness (QED) is 0.536. The smallest absolute Gasteiger partial charge is 0.0700 e. The molecule has 0 fully saturated rings. The first-order valence-corrected chi connectivity index (χ1v) is 6.99. The van der Waals surface area contributed by atoms with Crippen LogP contribution in [0.4, 0.5) is 0 Å². The number of methoxy groups -OCH3 is 1. The Morgan fingerprint density at radius 2 is 1.88 bits per heavy atom. The third-order valence-corrected chi connectivity index (χ3v) is 3.07. The molecule has 0 bridgehead atoms. The average molecular weight is 245 g/mol. The van der Waals surface area contributed by atoms with Crippen LogP contribution in [0.1, 0.15) is 40.0 Å². The Morgan fingerprint density at radius 3 is 2.47 bits per heavy atom. The number of hydrogen-bond donors (Lipinski definition) is 1. The van der Waals surface area contributed by atoms with Crippen molar-refractivity contribution >= 4 is 0 Å². The van der Waals surface area contributed by atoms with Gasteiger partial charge in [0.1, 0.15) is 0 Å². The fraction of sp³-hybridized carbons (Fsp3) is 1.00. The molecule has 1 atom stereocenters. The third-order valence-electron chi connectivity index (χ3n) is 3.07. The Morgan fingerprint density at radius 1 is 1.12 bits per heavy atom. The van der Waals surface area contributed by atoms with E-state index in [-0.39, 0.29) is 0 Å². The van der Waals surface area contributed by atoms with Crippen LogP contribution in [0, 0.1) is 11.8 Å². The summed E-state index contributed by atoms with van der Waals surface area (Å²) in [6.45, 7) is 11.4. The van der Waals surface area contributed by atoms with E-state index in [2.05, 4.69) is 26.1 Å². The highest BCUT2D eigenvalue weighted by atomic mass is 16.5. The van der Waals surface area contributed by atoms with Gasteiger partial charge >= 0.3 is 0 Å². The summed E-state index contributed by atoms with van der Waals surface area (Å²) in [5.41, 5.74) is 0. The maximum atomic E-state index is 5.48. The molecule has 0 spiro atoms. The molecule has 104 valence electrons. The van der Waals surface area contributed by atoms with Crippen LogP contribution in [0.15, 0.2) is 0 Å². The Balaban J connectivity index is 3.49. The minimum absolute atomic E-state index is 0.700. The van der Waals surface area contributed by atoms with Crippen LogP contribution in [0.2, 0.25) is 0 Å².